The van der Waals surface area contributed by atoms with Crippen molar-refractivity contribution in [2.24, 2.45) is 5.92 Å². The summed E-state index contributed by atoms with van der Waals surface area (Å²) in [6, 6.07) is 14.4. The predicted molar refractivity (Wildman–Crippen MR) is 159 cm³/mol. The maximum absolute atomic E-state index is 13.4. The minimum atomic E-state index is -0.652. The Labute approximate surface area is 238 Å². The molecule has 3 aromatic rings. The van der Waals surface area contributed by atoms with Crippen LogP contribution in [0, 0.1) is 9.49 Å². The van der Waals surface area contributed by atoms with Gasteiger partial charge in [0.1, 0.15) is 11.9 Å². The van der Waals surface area contributed by atoms with E-state index in [1.54, 1.807) is 0 Å². The smallest absolute Gasteiger partial charge is 0.407 e. The zero-order chi connectivity index (χ0) is 27.6. The van der Waals surface area contributed by atoms with Gasteiger partial charge in [-0.3, -0.25) is 4.79 Å². The number of hydrogen-bond acceptors (Lipinski definition) is 4. The van der Waals surface area contributed by atoms with Crippen LogP contribution in [-0.2, 0) is 14.9 Å². The highest BCUT2D eigenvalue weighted by Gasteiger charge is 2.37. The zero-order valence-electron chi connectivity index (χ0n) is 23.0. The minimum Gasteiger partial charge on any atom is -0.453 e. The molecule has 7 nitrogen and oxygen atoms in total. The van der Waals surface area contributed by atoms with Gasteiger partial charge in [0.05, 0.1) is 25.0 Å². The van der Waals surface area contributed by atoms with Gasteiger partial charge < -0.3 is 19.9 Å². The van der Waals surface area contributed by atoms with E-state index in [1.807, 2.05) is 24.9 Å². The molecule has 38 heavy (non-hydrogen) atoms. The normalized spacial score (nSPS) is 16.5. The third kappa shape index (κ3) is 6.06. The van der Waals surface area contributed by atoms with Crippen LogP contribution in [0.1, 0.15) is 64.9 Å². The van der Waals surface area contributed by atoms with E-state index in [4.69, 9.17) is 4.74 Å². The number of nitrogens with zero attached hydrogens (tertiary/aromatic N) is 2. The number of aromatic nitrogens is 2. The largest absolute Gasteiger partial charge is 0.453 e. The molecule has 2 N–H and O–H groups in total. The number of halogens is 1. The minimum absolute atomic E-state index is 0.0716. The van der Waals surface area contributed by atoms with E-state index in [0.717, 1.165) is 29.9 Å². The number of hydrogen-bond donors (Lipinski definition) is 2. The molecule has 0 radical (unpaired) electrons. The first-order chi connectivity index (χ1) is 18.0. The monoisotopic (exact) mass is 628 g/mol. The summed E-state index contributed by atoms with van der Waals surface area (Å²) in [4.78, 5) is 35.3. The van der Waals surface area contributed by atoms with Crippen LogP contribution in [0.5, 0.6) is 0 Å². The molecule has 0 saturated carbocycles. The topological polar surface area (TPSA) is 87.3 Å². The Morgan fingerprint density at radius 1 is 1.13 bits per heavy atom. The van der Waals surface area contributed by atoms with E-state index in [2.05, 4.69) is 101 Å². The molecule has 2 amide bonds. The average molecular weight is 629 g/mol. The molecule has 0 unspecified atom stereocenters. The highest BCUT2D eigenvalue weighted by Crippen LogP contribution is 2.35. The number of amides is 2. The van der Waals surface area contributed by atoms with Crippen molar-refractivity contribution in [1.29, 1.82) is 0 Å². The van der Waals surface area contributed by atoms with Gasteiger partial charge in [-0.2, -0.15) is 0 Å². The second-order valence-corrected chi connectivity index (χ2v) is 12.4. The first-order valence-corrected chi connectivity index (χ1v) is 14.2. The summed E-state index contributed by atoms with van der Waals surface area (Å²) in [5.74, 6) is 0.583. The Bertz CT molecular complexity index is 1290. The maximum Gasteiger partial charge on any atom is 0.407 e. The van der Waals surface area contributed by atoms with Crippen molar-refractivity contribution in [1.82, 2.24) is 20.2 Å². The fraction of sp³-hybridized carbons (Fsp3) is 0.433. The quantitative estimate of drug-likeness (QED) is 0.298. The van der Waals surface area contributed by atoms with E-state index in [0.29, 0.717) is 6.54 Å². The SMILES string of the molecule is COC(=O)N[C@H](C(=O)N1CCC[C@H]1c1ncc(-c2ccc(I)c(-c3ccc(C(C)(C)C)cc3)c2)[nH]1)C(C)C. The molecule has 2 atom stereocenters. The van der Waals surface area contributed by atoms with Crippen LogP contribution in [0.15, 0.2) is 48.7 Å². The molecule has 0 bridgehead atoms. The summed E-state index contributed by atoms with van der Waals surface area (Å²) in [5.41, 5.74) is 5.72. The van der Waals surface area contributed by atoms with Gasteiger partial charge in [0.2, 0.25) is 5.91 Å². The van der Waals surface area contributed by atoms with Gasteiger partial charge in [-0.25, -0.2) is 9.78 Å². The lowest BCUT2D eigenvalue weighted by Gasteiger charge is -2.30. The maximum atomic E-state index is 13.4. The number of carbonyl (C=O) groups excluding carboxylic acids is 2. The third-order valence-corrected chi connectivity index (χ3v) is 8.12. The van der Waals surface area contributed by atoms with Crippen LogP contribution < -0.4 is 5.32 Å². The molecule has 0 spiro atoms. The van der Waals surface area contributed by atoms with Gasteiger partial charge in [-0.15, -0.1) is 0 Å². The summed E-state index contributed by atoms with van der Waals surface area (Å²) in [7, 11) is 1.30. The van der Waals surface area contributed by atoms with Crippen molar-refractivity contribution >= 4 is 34.6 Å². The van der Waals surface area contributed by atoms with Crippen molar-refractivity contribution in [2.75, 3.05) is 13.7 Å². The number of aromatic amines is 1. The zero-order valence-corrected chi connectivity index (χ0v) is 25.1. The molecule has 1 fully saturated rings. The number of alkyl carbamates (subject to hydrolysis) is 1. The predicted octanol–water partition coefficient (Wildman–Crippen LogP) is 6.69. The molecule has 1 aliphatic heterocycles. The molecular formula is C30H37IN4O3. The summed E-state index contributed by atoms with van der Waals surface area (Å²) >= 11 is 2.38. The first kappa shape index (κ1) is 28.1. The van der Waals surface area contributed by atoms with E-state index in [1.165, 1.54) is 27.4 Å². The number of ether oxygens (including phenoxy) is 1. The fourth-order valence-electron chi connectivity index (χ4n) is 4.91. The second-order valence-electron chi connectivity index (χ2n) is 11.3. The molecule has 2 aromatic carbocycles. The molecular weight excluding hydrogens is 591 g/mol. The van der Waals surface area contributed by atoms with Crippen molar-refractivity contribution in [2.45, 2.75) is 65.0 Å². The molecule has 4 rings (SSSR count). The van der Waals surface area contributed by atoms with Crippen molar-refractivity contribution < 1.29 is 14.3 Å². The molecule has 8 heteroatoms. The molecule has 1 saturated heterocycles. The van der Waals surface area contributed by atoms with E-state index < -0.39 is 12.1 Å². The number of methoxy groups -OCH3 is 1. The lowest BCUT2D eigenvalue weighted by Crippen LogP contribution is -2.51. The van der Waals surface area contributed by atoms with Gasteiger partial charge in [0, 0.05) is 15.7 Å². The molecule has 1 aromatic heterocycles. The molecule has 1 aliphatic rings. The Morgan fingerprint density at radius 3 is 2.45 bits per heavy atom. The lowest BCUT2D eigenvalue weighted by atomic mass is 9.86. The van der Waals surface area contributed by atoms with Gasteiger partial charge in [0.25, 0.3) is 0 Å². The summed E-state index contributed by atoms with van der Waals surface area (Å²) in [5, 5.41) is 2.70. The number of imidazole rings is 1. The van der Waals surface area contributed by atoms with Crippen LogP contribution in [0.25, 0.3) is 22.4 Å². The molecule has 0 aliphatic carbocycles. The standard InChI is InChI=1S/C30H37IN4O3/c1-18(2)26(34-29(37)38-6)28(36)35-15-7-8-25(35)27-32-17-24(33-27)20-11-14-23(31)22(16-20)19-9-12-21(13-10-19)30(3,4)5/h9-14,16-18,25-26H,7-8,15H2,1-6H3,(H,32,33)(H,34,37)/t25-,26-/m0/s1. The van der Waals surface area contributed by atoms with Crippen molar-refractivity contribution in [3.63, 3.8) is 0 Å². The van der Waals surface area contributed by atoms with Gasteiger partial charge in [-0.05, 0) is 75.6 Å². The summed E-state index contributed by atoms with van der Waals surface area (Å²) < 4.78 is 5.92. The third-order valence-electron chi connectivity index (χ3n) is 7.18. The molecule has 2 heterocycles. The second kappa shape index (κ2) is 11.5. The van der Waals surface area contributed by atoms with E-state index in [9.17, 15) is 9.59 Å². The highest BCUT2D eigenvalue weighted by atomic mass is 127. The Hall–Kier alpha value is -2.88. The highest BCUT2D eigenvalue weighted by molar-refractivity contribution is 14.1. The lowest BCUT2D eigenvalue weighted by molar-refractivity contribution is -0.135. The van der Waals surface area contributed by atoms with Crippen molar-refractivity contribution in [3.05, 3.63) is 63.6 Å². The van der Waals surface area contributed by atoms with Gasteiger partial charge >= 0.3 is 6.09 Å². The first-order valence-electron chi connectivity index (χ1n) is 13.1. The Balaban J connectivity index is 1.58. The van der Waals surface area contributed by atoms with E-state index >= 15 is 0 Å². The number of benzene rings is 2. The molecule has 202 valence electrons. The van der Waals surface area contributed by atoms with Crippen LogP contribution >= 0.6 is 22.6 Å². The van der Waals surface area contributed by atoms with Gasteiger partial charge in [-0.1, -0.05) is 65.0 Å². The fourth-order valence-corrected chi connectivity index (χ4v) is 5.56. The Kier molecular flexibility index (Phi) is 8.49. The number of carbonyl (C=O) groups is 2. The van der Waals surface area contributed by atoms with E-state index in [-0.39, 0.29) is 23.3 Å². The summed E-state index contributed by atoms with van der Waals surface area (Å²) in [6.45, 7) is 11.1. The van der Waals surface area contributed by atoms with Crippen LogP contribution in [0.3, 0.4) is 0 Å². The number of rotatable bonds is 6. The average Bonchev–Trinajstić information content (AvgIpc) is 3.56. The summed E-state index contributed by atoms with van der Waals surface area (Å²) in [6.07, 6.45) is 2.95. The number of likely N-dealkylation sites (tertiary alicyclic amines) is 1. The Morgan fingerprint density at radius 2 is 1.82 bits per heavy atom. The van der Waals surface area contributed by atoms with Gasteiger partial charge in [0.15, 0.2) is 0 Å². The van der Waals surface area contributed by atoms with Crippen molar-refractivity contribution in [3.8, 4) is 22.4 Å². The van der Waals surface area contributed by atoms with Crippen LogP contribution in [0.4, 0.5) is 4.79 Å². The van der Waals surface area contributed by atoms with Crippen LogP contribution in [0.2, 0.25) is 0 Å². The van der Waals surface area contributed by atoms with Crippen LogP contribution in [-0.4, -0.2) is 46.6 Å². The number of H-pyrrole nitrogens is 1. The number of nitrogens with one attached hydrogen (secondary N) is 2.